The first-order valence-corrected chi connectivity index (χ1v) is 31.2. The lowest BCUT2D eigenvalue weighted by molar-refractivity contribution is -0.143. The number of nitrogens with zero attached hydrogens (tertiary/aromatic N) is 2. The van der Waals surface area contributed by atoms with Gasteiger partial charge >= 0.3 is 5.97 Å². The minimum atomic E-state index is -0.0158. The average molecular weight is 1020 g/mol. The number of hydrogen-bond donors (Lipinski definition) is 2. The molecule has 0 aromatic heterocycles. The standard InChI is InChI=1S/C64H122N2O6/c1-3-5-7-9-11-13-15-17-19-21-23-25-27-33-39-45-51-65(55-60-70-62-57-67)53-47-41-35-29-30-37-43-49-59-72-64(69)50-44-38-32-31-36-42-48-54-66(56-61-71-63-58-68)52-46-40-34-28-26-24-22-20-18-16-14-12-10-8-6-4-2/h11-14,17-20,67-68H,3-10,15-16,21-63H2,1-2H3/b13-11-,14-12-,19-17-,20-18-. The lowest BCUT2D eigenvalue weighted by Gasteiger charge is -2.22. The summed E-state index contributed by atoms with van der Waals surface area (Å²) < 4.78 is 16.8. The Morgan fingerprint density at radius 1 is 0.333 bits per heavy atom. The molecule has 72 heavy (non-hydrogen) atoms. The van der Waals surface area contributed by atoms with Gasteiger partial charge in [0.1, 0.15) is 0 Å². The molecule has 424 valence electrons. The Balaban J connectivity index is 3.84. The van der Waals surface area contributed by atoms with Crippen molar-refractivity contribution >= 4 is 5.97 Å². The van der Waals surface area contributed by atoms with Gasteiger partial charge in [-0.05, 0) is 129 Å². The maximum Gasteiger partial charge on any atom is 0.305 e. The molecule has 0 heterocycles. The highest BCUT2D eigenvalue weighted by molar-refractivity contribution is 5.69. The lowest BCUT2D eigenvalue weighted by Crippen LogP contribution is -2.30. The molecule has 0 aromatic carbocycles. The van der Waals surface area contributed by atoms with E-state index in [1.165, 1.54) is 212 Å². The Morgan fingerprint density at radius 3 is 0.986 bits per heavy atom. The topological polar surface area (TPSA) is 91.7 Å². The van der Waals surface area contributed by atoms with Crippen molar-refractivity contribution in [2.75, 3.05) is 85.5 Å². The largest absolute Gasteiger partial charge is 0.466 e. The summed E-state index contributed by atoms with van der Waals surface area (Å²) in [5.74, 6) is -0.0158. The van der Waals surface area contributed by atoms with Crippen LogP contribution in [0.2, 0.25) is 0 Å². The number of esters is 1. The summed E-state index contributed by atoms with van der Waals surface area (Å²) in [4.78, 5) is 17.5. The summed E-state index contributed by atoms with van der Waals surface area (Å²) in [5.41, 5.74) is 0. The first-order valence-electron chi connectivity index (χ1n) is 31.2. The van der Waals surface area contributed by atoms with Crippen LogP contribution >= 0.6 is 0 Å². The van der Waals surface area contributed by atoms with E-state index in [1.807, 2.05) is 0 Å². The average Bonchev–Trinajstić information content (AvgIpc) is 3.39. The number of aliphatic hydroxyl groups excluding tert-OH is 2. The van der Waals surface area contributed by atoms with Gasteiger partial charge in [0.15, 0.2) is 0 Å². The molecule has 0 aliphatic carbocycles. The zero-order chi connectivity index (χ0) is 52.0. The molecule has 0 aliphatic heterocycles. The molecule has 8 nitrogen and oxygen atoms in total. The fourth-order valence-electron chi connectivity index (χ4n) is 9.28. The fraction of sp³-hybridized carbons (Fsp3) is 0.859. The smallest absolute Gasteiger partial charge is 0.305 e. The molecular formula is C64H122N2O6. The van der Waals surface area contributed by atoms with Crippen molar-refractivity contribution in [2.45, 2.75) is 271 Å². The molecule has 0 fully saturated rings. The number of aliphatic hydroxyl groups is 2. The number of carbonyl (C=O) groups excluding carboxylic acids is 1. The van der Waals surface area contributed by atoms with Crippen LogP contribution in [-0.4, -0.2) is 111 Å². The van der Waals surface area contributed by atoms with Crippen LogP contribution in [0.1, 0.15) is 271 Å². The van der Waals surface area contributed by atoms with Gasteiger partial charge in [-0.15, -0.1) is 0 Å². The summed E-state index contributed by atoms with van der Waals surface area (Å²) >= 11 is 0. The quantitative estimate of drug-likeness (QED) is 0.0354. The van der Waals surface area contributed by atoms with Gasteiger partial charge in [0.2, 0.25) is 0 Å². The SMILES string of the molecule is CCCCC/C=C\C/C=C\CCCCCCCCN(CCCCCCCCCCOC(=O)CCCCCCCCCN(CCCCCCCC/C=C\C/C=C\CCCCC)CCOCCO)CCOCCO. The Hall–Kier alpha value is -1.81. The summed E-state index contributed by atoms with van der Waals surface area (Å²) in [7, 11) is 0. The molecular weight excluding hydrogens is 893 g/mol. The second-order valence-electron chi connectivity index (χ2n) is 20.8. The van der Waals surface area contributed by atoms with Crippen LogP contribution in [0.5, 0.6) is 0 Å². The number of allylic oxidation sites excluding steroid dienone is 8. The molecule has 0 saturated carbocycles. The normalized spacial score (nSPS) is 12.2. The van der Waals surface area contributed by atoms with E-state index in [1.54, 1.807) is 0 Å². The maximum absolute atomic E-state index is 12.3. The maximum atomic E-state index is 12.3. The molecule has 0 aromatic rings. The van der Waals surface area contributed by atoms with E-state index < -0.39 is 0 Å². The van der Waals surface area contributed by atoms with Crippen LogP contribution in [0.15, 0.2) is 48.6 Å². The lowest BCUT2D eigenvalue weighted by atomic mass is 10.1. The Kier molecular flexibility index (Phi) is 61.9. The van der Waals surface area contributed by atoms with Crippen LogP contribution in [0, 0.1) is 0 Å². The first-order chi connectivity index (χ1) is 35.7. The highest BCUT2D eigenvalue weighted by Gasteiger charge is 2.08. The number of rotatable bonds is 61. The van der Waals surface area contributed by atoms with Gasteiger partial charge in [-0.1, -0.05) is 210 Å². The third-order valence-corrected chi connectivity index (χ3v) is 13.9. The molecule has 0 spiro atoms. The third kappa shape index (κ3) is 59.1. The highest BCUT2D eigenvalue weighted by Crippen LogP contribution is 2.15. The first kappa shape index (κ1) is 70.2. The van der Waals surface area contributed by atoms with E-state index in [2.05, 4.69) is 72.3 Å². The van der Waals surface area contributed by atoms with Crippen LogP contribution < -0.4 is 0 Å². The zero-order valence-corrected chi connectivity index (χ0v) is 48.0. The summed E-state index contributed by atoms with van der Waals surface area (Å²) in [6.07, 6.45) is 68.2. The summed E-state index contributed by atoms with van der Waals surface area (Å²) in [6.45, 7) is 14.1. The molecule has 2 N–H and O–H groups in total. The van der Waals surface area contributed by atoms with Crippen molar-refractivity contribution in [1.29, 1.82) is 0 Å². The zero-order valence-electron chi connectivity index (χ0n) is 48.0. The monoisotopic (exact) mass is 1010 g/mol. The minimum Gasteiger partial charge on any atom is -0.466 e. The highest BCUT2D eigenvalue weighted by atomic mass is 16.5. The Bertz CT molecular complexity index is 1160. The van der Waals surface area contributed by atoms with Crippen LogP contribution in [0.25, 0.3) is 0 Å². The van der Waals surface area contributed by atoms with Crippen molar-refractivity contribution in [3.8, 4) is 0 Å². The van der Waals surface area contributed by atoms with E-state index in [0.29, 0.717) is 39.5 Å². The minimum absolute atomic E-state index is 0.0158. The fourth-order valence-corrected chi connectivity index (χ4v) is 9.28. The van der Waals surface area contributed by atoms with Crippen molar-refractivity contribution < 1.29 is 29.2 Å². The van der Waals surface area contributed by atoms with Gasteiger partial charge in [0, 0.05) is 19.5 Å². The number of carbonyl (C=O) groups is 1. The van der Waals surface area contributed by atoms with Gasteiger partial charge in [-0.3, -0.25) is 4.79 Å². The molecule has 0 saturated heterocycles. The van der Waals surface area contributed by atoms with Gasteiger partial charge in [-0.2, -0.15) is 0 Å². The second kappa shape index (κ2) is 63.5. The number of unbranched alkanes of at least 4 members (excludes halogenated alkanes) is 31. The molecule has 0 aliphatic rings. The number of hydrogen-bond acceptors (Lipinski definition) is 8. The molecule has 0 bridgehead atoms. The summed E-state index contributed by atoms with van der Waals surface area (Å²) in [5, 5.41) is 18.2. The van der Waals surface area contributed by atoms with Crippen LogP contribution in [0.4, 0.5) is 0 Å². The van der Waals surface area contributed by atoms with Crippen LogP contribution in [-0.2, 0) is 19.0 Å². The van der Waals surface area contributed by atoms with E-state index >= 15 is 0 Å². The van der Waals surface area contributed by atoms with E-state index in [-0.39, 0.29) is 19.2 Å². The van der Waals surface area contributed by atoms with Crippen molar-refractivity contribution in [3.63, 3.8) is 0 Å². The van der Waals surface area contributed by atoms with Crippen LogP contribution in [0.3, 0.4) is 0 Å². The summed E-state index contributed by atoms with van der Waals surface area (Å²) in [6, 6.07) is 0. The van der Waals surface area contributed by atoms with Crippen molar-refractivity contribution in [1.82, 2.24) is 9.80 Å². The molecule has 0 unspecified atom stereocenters. The Labute approximate surface area is 448 Å². The number of ether oxygens (including phenoxy) is 3. The molecule has 8 heteroatoms. The second-order valence-corrected chi connectivity index (χ2v) is 20.8. The third-order valence-electron chi connectivity index (χ3n) is 13.9. The predicted molar refractivity (Wildman–Crippen MR) is 312 cm³/mol. The van der Waals surface area contributed by atoms with Gasteiger partial charge in [0.05, 0.1) is 46.2 Å². The van der Waals surface area contributed by atoms with E-state index in [9.17, 15) is 4.79 Å². The molecule has 0 amide bonds. The van der Waals surface area contributed by atoms with E-state index in [0.717, 1.165) is 77.8 Å². The van der Waals surface area contributed by atoms with Gasteiger partial charge < -0.3 is 34.2 Å². The molecule has 0 atom stereocenters. The van der Waals surface area contributed by atoms with Gasteiger partial charge in [-0.25, -0.2) is 0 Å². The van der Waals surface area contributed by atoms with E-state index in [4.69, 9.17) is 24.4 Å². The molecule has 0 rings (SSSR count). The predicted octanol–water partition coefficient (Wildman–Crippen LogP) is 17.0. The Morgan fingerprint density at radius 2 is 0.639 bits per heavy atom. The van der Waals surface area contributed by atoms with Crippen molar-refractivity contribution in [2.24, 2.45) is 0 Å². The van der Waals surface area contributed by atoms with Gasteiger partial charge in [0.25, 0.3) is 0 Å². The molecule has 0 radical (unpaired) electrons. The van der Waals surface area contributed by atoms with Crippen molar-refractivity contribution in [3.05, 3.63) is 48.6 Å².